The van der Waals surface area contributed by atoms with Crippen molar-refractivity contribution >= 4 is 0 Å². The second-order valence-electron chi connectivity index (χ2n) is 6.08. The zero-order chi connectivity index (χ0) is 18.9. The quantitative estimate of drug-likeness (QED) is 0.683. The smallest absolute Gasteiger partial charge is 0.0428 e. The maximum Gasteiger partial charge on any atom is 0.0428 e. The van der Waals surface area contributed by atoms with Crippen molar-refractivity contribution in [3.63, 3.8) is 0 Å². The zero-order valence-electron chi connectivity index (χ0n) is 16.4. The topological polar surface area (TPSA) is 58.3 Å². The van der Waals surface area contributed by atoms with Gasteiger partial charge in [-0.1, -0.05) is 73.5 Å². The van der Waals surface area contributed by atoms with Gasteiger partial charge in [0.25, 0.3) is 0 Å². The van der Waals surface area contributed by atoms with Gasteiger partial charge in [0.15, 0.2) is 0 Å². The van der Waals surface area contributed by atoms with Crippen LogP contribution in [-0.4, -0.2) is 18.3 Å². The first-order valence-corrected chi connectivity index (χ1v) is 9.20. The second-order valence-corrected chi connectivity index (χ2v) is 6.08. The van der Waals surface area contributed by atoms with Gasteiger partial charge in [-0.05, 0) is 44.4 Å². The molecular formula is C22H36N2O. The molecule has 25 heavy (non-hydrogen) atoms. The molecule has 0 aliphatic carbocycles. The summed E-state index contributed by atoms with van der Waals surface area (Å²) >= 11 is 0. The summed E-state index contributed by atoms with van der Waals surface area (Å²) in [6.07, 6.45) is 2.08. The molecule has 0 fully saturated rings. The van der Waals surface area contributed by atoms with Crippen LogP contribution >= 0.6 is 0 Å². The molecular weight excluding hydrogens is 308 g/mol. The van der Waals surface area contributed by atoms with Gasteiger partial charge in [-0.15, -0.1) is 0 Å². The van der Waals surface area contributed by atoms with Crippen LogP contribution in [0.4, 0.5) is 0 Å². The van der Waals surface area contributed by atoms with Gasteiger partial charge in [-0.3, -0.25) is 0 Å². The molecule has 3 heteroatoms. The summed E-state index contributed by atoms with van der Waals surface area (Å²) < 4.78 is 0. The van der Waals surface area contributed by atoms with E-state index in [-0.39, 0.29) is 0 Å². The van der Waals surface area contributed by atoms with Gasteiger partial charge in [0.1, 0.15) is 0 Å². The van der Waals surface area contributed by atoms with E-state index in [0.717, 1.165) is 19.5 Å². The van der Waals surface area contributed by atoms with E-state index in [1.54, 1.807) is 0 Å². The van der Waals surface area contributed by atoms with Crippen LogP contribution in [-0.2, 0) is 13.1 Å². The van der Waals surface area contributed by atoms with E-state index in [0.29, 0.717) is 13.2 Å². The molecule has 140 valence electrons. The summed E-state index contributed by atoms with van der Waals surface area (Å²) in [5, 5.41) is 11.2. The Kier molecular flexibility index (Phi) is 14.8. The number of aliphatic hydroxyl groups is 1. The number of hydrogen-bond donors (Lipinski definition) is 3. The van der Waals surface area contributed by atoms with Gasteiger partial charge in [0.2, 0.25) is 0 Å². The third-order valence-electron chi connectivity index (χ3n) is 3.46. The van der Waals surface area contributed by atoms with Crippen molar-refractivity contribution < 1.29 is 5.11 Å². The molecule has 0 saturated heterocycles. The number of aryl methyl sites for hydroxylation is 2. The minimum absolute atomic E-state index is 0.319. The van der Waals surface area contributed by atoms with Crippen molar-refractivity contribution in [3.05, 3.63) is 70.8 Å². The molecule has 0 bridgehead atoms. The summed E-state index contributed by atoms with van der Waals surface area (Å²) in [5.74, 6) is 0. The Morgan fingerprint density at radius 2 is 1.24 bits per heavy atom. The van der Waals surface area contributed by atoms with Crippen LogP contribution in [0.1, 0.15) is 48.9 Å². The van der Waals surface area contributed by atoms with Crippen LogP contribution in [0.25, 0.3) is 0 Å². The van der Waals surface area contributed by atoms with E-state index in [1.807, 2.05) is 6.92 Å². The number of benzene rings is 2. The van der Waals surface area contributed by atoms with Gasteiger partial charge in [-0.25, -0.2) is 0 Å². The molecule has 0 heterocycles. The fourth-order valence-corrected chi connectivity index (χ4v) is 1.84. The normalized spacial score (nSPS) is 9.52. The van der Waals surface area contributed by atoms with Gasteiger partial charge in [0, 0.05) is 19.7 Å². The molecule has 3 nitrogen and oxygen atoms in total. The van der Waals surface area contributed by atoms with E-state index in [9.17, 15) is 0 Å². The maximum absolute atomic E-state index is 7.88. The van der Waals surface area contributed by atoms with Crippen LogP contribution < -0.4 is 11.1 Å². The minimum Gasteiger partial charge on any atom is -0.396 e. The van der Waals surface area contributed by atoms with Gasteiger partial charge in [0.05, 0.1) is 0 Å². The Morgan fingerprint density at radius 1 is 0.800 bits per heavy atom. The first-order chi connectivity index (χ1) is 12.1. The Bertz CT molecular complexity index is 519. The monoisotopic (exact) mass is 344 g/mol. The number of rotatable bonds is 6. The average molecular weight is 345 g/mol. The van der Waals surface area contributed by atoms with Crippen molar-refractivity contribution in [1.29, 1.82) is 0 Å². The fraction of sp³-hybridized carbons (Fsp3) is 0.455. The van der Waals surface area contributed by atoms with Crippen LogP contribution in [0, 0.1) is 13.8 Å². The third-order valence-corrected chi connectivity index (χ3v) is 3.46. The van der Waals surface area contributed by atoms with Crippen molar-refractivity contribution in [2.24, 2.45) is 5.73 Å². The van der Waals surface area contributed by atoms with Crippen LogP contribution in [0.2, 0.25) is 0 Å². The predicted molar refractivity (Wildman–Crippen MR) is 110 cm³/mol. The highest BCUT2D eigenvalue weighted by Crippen LogP contribution is 2.02. The van der Waals surface area contributed by atoms with Crippen molar-refractivity contribution in [2.75, 3.05) is 13.2 Å². The van der Waals surface area contributed by atoms with Crippen LogP contribution in [0.15, 0.2) is 48.5 Å². The Labute approximate surface area is 154 Å². The van der Waals surface area contributed by atoms with E-state index in [2.05, 4.69) is 74.6 Å². The first kappa shape index (κ1) is 23.3. The average Bonchev–Trinajstić information content (AvgIpc) is 2.65. The van der Waals surface area contributed by atoms with E-state index < -0.39 is 0 Å². The standard InChI is InChI=1S/C11H17N.C8H11N.C3H8O/c1-3-8-12-9-11-6-4-10(2)5-7-11;1-7-2-4-8(6-9)5-3-7;1-2-3-4/h4-7,12H,3,8-9H2,1-2H3;2-5H,6,9H2,1H3;4H,2-3H2,1H3. The molecule has 2 aromatic rings. The molecule has 2 rings (SSSR count). The number of aliphatic hydroxyl groups excluding tert-OH is 1. The SMILES string of the molecule is CCCNCc1ccc(C)cc1.CCCO.Cc1ccc(CN)cc1. The van der Waals surface area contributed by atoms with Gasteiger partial charge < -0.3 is 16.2 Å². The second kappa shape index (κ2) is 15.8. The molecule has 0 atom stereocenters. The third kappa shape index (κ3) is 13.3. The Hall–Kier alpha value is -1.68. The van der Waals surface area contributed by atoms with Crippen LogP contribution in [0.5, 0.6) is 0 Å². The number of hydrogen-bond acceptors (Lipinski definition) is 3. The molecule has 0 radical (unpaired) electrons. The largest absolute Gasteiger partial charge is 0.396 e. The molecule has 0 aromatic heterocycles. The summed E-state index contributed by atoms with van der Waals surface area (Å²) in [6, 6.07) is 16.9. The Balaban J connectivity index is 0.000000391. The molecule has 4 N–H and O–H groups in total. The Morgan fingerprint density at radius 3 is 1.60 bits per heavy atom. The van der Waals surface area contributed by atoms with Crippen molar-refractivity contribution in [3.8, 4) is 0 Å². The molecule has 0 saturated carbocycles. The summed E-state index contributed by atoms with van der Waals surface area (Å²) in [6.45, 7) is 11.4. The first-order valence-electron chi connectivity index (χ1n) is 9.20. The zero-order valence-corrected chi connectivity index (χ0v) is 16.4. The van der Waals surface area contributed by atoms with Crippen molar-refractivity contribution in [1.82, 2.24) is 5.32 Å². The predicted octanol–water partition coefficient (Wildman–Crippen LogP) is 4.34. The lowest BCUT2D eigenvalue weighted by Gasteiger charge is -2.02. The molecule has 0 aliphatic rings. The van der Waals surface area contributed by atoms with Crippen LogP contribution in [0.3, 0.4) is 0 Å². The van der Waals surface area contributed by atoms with E-state index in [4.69, 9.17) is 10.8 Å². The van der Waals surface area contributed by atoms with Gasteiger partial charge in [-0.2, -0.15) is 0 Å². The lowest BCUT2D eigenvalue weighted by molar-refractivity contribution is 0.295. The highest BCUT2D eigenvalue weighted by atomic mass is 16.2. The molecule has 0 amide bonds. The lowest BCUT2D eigenvalue weighted by atomic mass is 10.1. The summed E-state index contributed by atoms with van der Waals surface area (Å²) in [4.78, 5) is 0. The fourth-order valence-electron chi connectivity index (χ4n) is 1.84. The lowest BCUT2D eigenvalue weighted by Crippen LogP contribution is -2.13. The number of nitrogens with two attached hydrogens (primary N) is 1. The van der Waals surface area contributed by atoms with E-state index in [1.165, 1.54) is 28.7 Å². The molecule has 0 aliphatic heterocycles. The van der Waals surface area contributed by atoms with E-state index >= 15 is 0 Å². The molecule has 0 spiro atoms. The maximum atomic E-state index is 7.88. The van der Waals surface area contributed by atoms with Gasteiger partial charge >= 0.3 is 0 Å². The molecule has 2 aromatic carbocycles. The molecule has 0 unspecified atom stereocenters. The highest BCUT2D eigenvalue weighted by Gasteiger charge is 1.90. The minimum atomic E-state index is 0.319. The van der Waals surface area contributed by atoms with Crippen molar-refractivity contribution in [2.45, 2.75) is 53.6 Å². The highest BCUT2D eigenvalue weighted by molar-refractivity contribution is 5.21. The summed E-state index contributed by atoms with van der Waals surface area (Å²) in [7, 11) is 0. The summed E-state index contributed by atoms with van der Waals surface area (Å²) in [5.41, 5.74) is 10.6. The number of nitrogens with one attached hydrogen (secondary N) is 1.